The van der Waals surface area contributed by atoms with Crippen LogP contribution in [0.1, 0.15) is 16.7 Å². The van der Waals surface area contributed by atoms with Crippen molar-refractivity contribution in [2.24, 2.45) is 0 Å². The van der Waals surface area contributed by atoms with Gasteiger partial charge in [0.25, 0.3) is 0 Å². The predicted octanol–water partition coefficient (Wildman–Crippen LogP) is 0.0175. The molecule has 0 fully saturated rings. The van der Waals surface area contributed by atoms with Crippen LogP contribution >= 0.6 is 0 Å². The molecule has 106 valence electrons. The standard InChI is InChI=1S/C16H17NO2.ClH/c1-12-4-2-3-5-14(12)10-17-9-13-6-7-15-16(8-13)19-11-18-15;/h2-8,17H,9-11H2,1H3;1H/p-1. The number of fused-ring (bicyclic) bond motifs is 1. The van der Waals surface area contributed by atoms with Gasteiger partial charge in [0.1, 0.15) is 0 Å². The molecule has 0 atom stereocenters. The Bertz CT molecular complexity index is 586. The third-order valence-electron chi connectivity index (χ3n) is 3.34. The Morgan fingerprint density at radius 1 is 1.00 bits per heavy atom. The first-order valence-corrected chi connectivity index (χ1v) is 6.47. The fourth-order valence-corrected chi connectivity index (χ4v) is 2.20. The van der Waals surface area contributed by atoms with Crippen LogP contribution in [0.4, 0.5) is 0 Å². The number of rotatable bonds is 4. The van der Waals surface area contributed by atoms with Gasteiger partial charge >= 0.3 is 0 Å². The molecule has 0 aliphatic carbocycles. The minimum absolute atomic E-state index is 0. The topological polar surface area (TPSA) is 30.5 Å². The van der Waals surface area contributed by atoms with Crippen LogP contribution in [0.25, 0.3) is 0 Å². The Hall–Kier alpha value is -1.71. The SMILES string of the molecule is Cc1ccccc1CNCc1ccc2c(c1)OCO2.[Cl-]. The first kappa shape index (κ1) is 14.7. The Kier molecular flexibility index (Phi) is 4.88. The molecular formula is C16H17ClNO2-. The largest absolute Gasteiger partial charge is 1.00 e. The first-order chi connectivity index (χ1) is 9.33. The molecule has 0 unspecified atom stereocenters. The van der Waals surface area contributed by atoms with Gasteiger partial charge in [-0.2, -0.15) is 0 Å². The Morgan fingerprint density at radius 3 is 2.65 bits per heavy atom. The highest BCUT2D eigenvalue weighted by molar-refractivity contribution is 5.44. The van der Waals surface area contributed by atoms with E-state index < -0.39 is 0 Å². The van der Waals surface area contributed by atoms with E-state index in [9.17, 15) is 0 Å². The summed E-state index contributed by atoms with van der Waals surface area (Å²) in [5, 5.41) is 3.45. The summed E-state index contributed by atoms with van der Waals surface area (Å²) in [6.07, 6.45) is 0. The van der Waals surface area contributed by atoms with Crippen LogP contribution < -0.4 is 27.2 Å². The summed E-state index contributed by atoms with van der Waals surface area (Å²) in [6, 6.07) is 14.5. The maximum absolute atomic E-state index is 5.37. The van der Waals surface area contributed by atoms with Crippen molar-refractivity contribution < 1.29 is 21.9 Å². The van der Waals surface area contributed by atoms with E-state index in [1.54, 1.807) is 0 Å². The van der Waals surface area contributed by atoms with E-state index in [0.717, 1.165) is 24.6 Å². The van der Waals surface area contributed by atoms with Crippen molar-refractivity contribution >= 4 is 0 Å². The van der Waals surface area contributed by atoms with E-state index in [2.05, 4.69) is 42.6 Å². The van der Waals surface area contributed by atoms with Crippen LogP contribution in [0.15, 0.2) is 42.5 Å². The van der Waals surface area contributed by atoms with Crippen LogP contribution in [0.5, 0.6) is 11.5 Å². The first-order valence-electron chi connectivity index (χ1n) is 6.47. The number of hydrogen-bond acceptors (Lipinski definition) is 3. The fourth-order valence-electron chi connectivity index (χ4n) is 2.20. The highest BCUT2D eigenvalue weighted by Gasteiger charge is 2.12. The molecule has 1 aliphatic rings. The molecule has 0 spiro atoms. The number of nitrogens with one attached hydrogen (secondary N) is 1. The number of ether oxygens (including phenoxy) is 2. The summed E-state index contributed by atoms with van der Waals surface area (Å²) in [6.45, 7) is 4.17. The summed E-state index contributed by atoms with van der Waals surface area (Å²) in [4.78, 5) is 0. The van der Waals surface area contributed by atoms with Gasteiger partial charge in [0.05, 0.1) is 0 Å². The second kappa shape index (κ2) is 6.64. The zero-order valence-corrected chi connectivity index (χ0v) is 12.1. The predicted molar refractivity (Wildman–Crippen MR) is 74.3 cm³/mol. The van der Waals surface area contributed by atoms with Crippen molar-refractivity contribution in [3.8, 4) is 11.5 Å². The molecule has 0 radical (unpaired) electrons. The molecule has 0 saturated heterocycles. The molecule has 1 aliphatic heterocycles. The molecule has 4 heteroatoms. The molecule has 1 N–H and O–H groups in total. The van der Waals surface area contributed by atoms with E-state index in [0.29, 0.717) is 6.79 Å². The maximum Gasteiger partial charge on any atom is 0.231 e. The number of aryl methyl sites for hydroxylation is 1. The van der Waals surface area contributed by atoms with E-state index >= 15 is 0 Å². The second-order valence-electron chi connectivity index (χ2n) is 4.72. The van der Waals surface area contributed by atoms with Gasteiger partial charge in [0.2, 0.25) is 6.79 Å². The van der Waals surface area contributed by atoms with Crippen LogP contribution in [-0.4, -0.2) is 6.79 Å². The lowest BCUT2D eigenvalue weighted by Gasteiger charge is -2.08. The Labute approximate surface area is 125 Å². The van der Waals surface area contributed by atoms with Crippen molar-refractivity contribution in [2.75, 3.05) is 6.79 Å². The third-order valence-corrected chi connectivity index (χ3v) is 3.34. The maximum atomic E-state index is 5.37. The zero-order chi connectivity index (χ0) is 13.1. The zero-order valence-electron chi connectivity index (χ0n) is 11.4. The van der Waals surface area contributed by atoms with E-state index in [-0.39, 0.29) is 12.4 Å². The van der Waals surface area contributed by atoms with Gasteiger partial charge in [-0.1, -0.05) is 30.3 Å². The van der Waals surface area contributed by atoms with Crippen molar-refractivity contribution in [2.45, 2.75) is 20.0 Å². The van der Waals surface area contributed by atoms with E-state index in [4.69, 9.17) is 9.47 Å². The van der Waals surface area contributed by atoms with Crippen LogP contribution in [0, 0.1) is 6.92 Å². The number of hydrogen-bond donors (Lipinski definition) is 1. The normalized spacial score (nSPS) is 12.1. The monoisotopic (exact) mass is 290 g/mol. The van der Waals surface area contributed by atoms with Gasteiger partial charge in [0, 0.05) is 13.1 Å². The van der Waals surface area contributed by atoms with Crippen molar-refractivity contribution in [3.63, 3.8) is 0 Å². The molecule has 1 heterocycles. The van der Waals surface area contributed by atoms with Crippen molar-refractivity contribution in [1.82, 2.24) is 5.32 Å². The second-order valence-corrected chi connectivity index (χ2v) is 4.72. The minimum Gasteiger partial charge on any atom is -1.00 e. The highest BCUT2D eigenvalue weighted by atomic mass is 35.5. The average Bonchev–Trinajstić information content (AvgIpc) is 2.88. The molecule has 2 aromatic carbocycles. The quantitative estimate of drug-likeness (QED) is 0.861. The lowest BCUT2D eigenvalue weighted by molar-refractivity contribution is -0.00000546. The molecule has 3 rings (SSSR count). The van der Waals surface area contributed by atoms with E-state index in [1.807, 2.05) is 12.1 Å². The van der Waals surface area contributed by atoms with Crippen LogP contribution in [-0.2, 0) is 13.1 Å². The highest BCUT2D eigenvalue weighted by Crippen LogP contribution is 2.32. The Morgan fingerprint density at radius 2 is 1.80 bits per heavy atom. The average molecular weight is 291 g/mol. The third kappa shape index (κ3) is 3.24. The van der Waals surface area contributed by atoms with E-state index in [1.165, 1.54) is 16.7 Å². The van der Waals surface area contributed by atoms with Gasteiger partial charge in [-0.05, 0) is 35.7 Å². The van der Waals surface area contributed by atoms with Gasteiger partial charge in [-0.3, -0.25) is 0 Å². The lowest BCUT2D eigenvalue weighted by atomic mass is 10.1. The van der Waals surface area contributed by atoms with Gasteiger partial charge in [-0.25, -0.2) is 0 Å². The fraction of sp³-hybridized carbons (Fsp3) is 0.250. The van der Waals surface area contributed by atoms with Crippen molar-refractivity contribution in [3.05, 3.63) is 59.2 Å². The summed E-state index contributed by atoms with van der Waals surface area (Å²) in [7, 11) is 0. The molecule has 0 saturated carbocycles. The molecular weight excluding hydrogens is 274 g/mol. The van der Waals surface area contributed by atoms with Crippen LogP contribution in [0.2, 0.25) is 0 Å². The van der Waals surface area contributed by atoms with Gasteiger partial charge in [0.15, 0.2) is 11.5 Å². The minimum atomic E-state index is 0. The van der Waals surface area contributed by atoms with Gasteiger partial charge in [-0.15, -0.1) is 0 Å². The molecule has 2 aromatic rings. The molecule has 0 aromatic heterocycles. The lowest BCUT2D eigenvalue weighted by Crippen LogP contribution is -3.00. The number of halogens is 1. The summed E-state index contributed by atoms with van der Waals surface area (Å²) in [5.41, 5.74) is 3.86. The summed E-state index contributed by atoms with van der Waals surface area (Å²) < 4.78 is 10.7. The van der Waals surface area contributed by atoms with Gasteiger partial charge < -0.3 is 27.2 Å². The Balaban J connectivity index is 0.00000147. The molecule has 0 amide bonds. The van der Waals surface area contributed by atoms with Crippen LogP contribution in [0.3, 0.4) is 0 Å². The number of benzene rings is 2. The molecule has 3 nitrogen and oxygen atoms in total. The van der Waals surface area contributed by atoms with Crippen molar-refractivity contribution in [1.29, 1.82) is 0 Å². The summed E-state index contributed by atoms with van der Waals surface area (Å²) in [5.74, 6) is 1.68. The molecule has 0 bridgehead atoms. The molecule has 20 heavy (non-hydrogen) atoms. The smallest absolute Gasteiger partial charge is 0.231 e. The summed E-state index contributed by atoms with van der Waals surface area (Å²) >= 11 is 0.